The number of rotatable bonds is 7. The molecule has 1 aliphatic rings. The molecule has 1 fully saturated rings. The van der Waals surface area contributed by atoms with Gasteiger partial charge in [-0.2, -0.15) is 5.10 Å². The highest BCUT2D eigenvalue weighted by molar-refractivity contribution is 5.80. The molecule has 0 bridgehead atoms. The van der Waals surface area contributed by atoms with Gasteiger partial charge in [0.05, 0.1) is 25.1 Å². The van der Waals surface area contributed by atoms with Gasteiger partial charge >= 0.3 is 0 Å². The van der Waals surface area contributed by atoms with Gasteiger partial charge in [0, 0.05) is 31.5 Å². The van der Waals surface area contributed by atoms with Crippen LogP contribution in [0.15, 0.2) is 41.5 Å². The third-order valence-corrected chi connectivity index (χ3v) is 4.24. The zero-order valence-corrected chi connectivity index (χ0v) is 15.2. The molecule has 2 heterocycles. The van der Waals surface area contributed by atoms with E-state index in [1.54, 1.807) is 0 Å². The predicted octanol–water partition coefficient (Wildman–Crippen LogP) is 2.60. The van der Waals surface area contributed by atoms with Crippen molar-refractivity contribution in [3.8, 4) is 0 Å². The molecular weight excluding hydrogens is 328 g/mol. The number of hydrogen-bond donors (Lipinski definition) is 2. The second-order valence-electron chi connectivity index (χ2n) is 6.42. The number of anilines is 2. The fraction of sp³-hybridized carbons (Fsp3) is 0.400. The van der Waals surface area contributed by atoms with E-state index in [9.17, 15) is 0 Å². The number of aromatic nitrogens is 1. The first-order chi connectivity index (χ1) is 12.7. The molecule has 2 aromatic rings. The van der Waals surface area contributed by atoms with E-state index in [2.05, 4.69) is 34.5 Å². The summed E-state index contributed by atoms with van der Waals surface area (Å²) in [5.74, 6) is 0.928. The number of morpholine rings is 1. The molecule has 26 heavy (non-hydrogen) atoms. The molecule has 0 unspecified atom stereocenters. The maximum absolute atomic E-state index is 9.11. The van der Waals surface area contributed by atoms with Crippen LogP contribution in [0.4, 0.5) is 11.5 Å². The molecule has 6 nitrogen and oxygen atoms in total. The van der Waals surface area contributed by atoms with Gasteiger partial charge in [-0.25, -0.2) is 4.98 Å². The third kappa shape index (κ3) is 5.28. The summed E-state index contributed by atoms with van der Waals surface area (Å²) in [5, 5.41) is 13.5. The normalized spacial score (nSPS) is 14.8. The van der Waals surface area contributed by atoms with Gasteiger partial charge in [0.2, 0.25) is 0 Å². The highest BCUT2D eigenvalue weighted by Crippen LogP contribution is 2.21. The van der Waals surface area contributed by atoms with Crippen molar-refractivity contribution in [3.05, 3.63) is 53.2 Å². The molecule has 1 aromatic carbocycles. The van der Waals surface area contributed by atoms with Crippen molar-refractivity contribution in [2.45, 2.75) is 19.8 Å². The topological polar surface area (TPSA) is 70.0 Å². The fourth-order valence-corrected chi connectivity index (χ4v) is 2.91. The van der Waals surface area contributed by atoms with E-state index < -0.39 is 0 Å². The lowest BCUT2D eigenvalue weighted by molar-refractivity contribution is 0.122. The van der Waals surface area contributed by atoms with Gasteiger partial charge in [0.1, 0.15) is 5.82 Å². The summed E-state index contributed by atoms with van der Waals surface area (Å²) >= 11 is 0. The average Bonchev–Trinajstić information content (AvgIpc) is 2.67. The van der Waals surface area contributed by atoms with Gasteiger partial charge in [0.25, 0.3) is 0 Å². The number of pyridine rings is 1. The molecule has 138 valence electrons. The van der Waals surface area contributed by atoms with Crippen molar-refractivity contribution in [3.63, 3.8) is 0 Å². The van der Waals surface area contributed by atoms with E-state index in [0.29, 0.717) is 6.42 Å². The number of ether oxygens (including phenoxy) is 1. The summed E-state index contributed by atoms with van der Waals surface area (Å²) in [7, 11) is 0. The summed E-state index contributed by atoms with van der Waals surface area (Å²) < 4.78 is 5.43. The number of aryl methyl sites for hydroxylation is 2. The Morgan fingerprint density at radius 2 is 2.12 bits per heavy atom. The Kier molecular flexibility index (Phi) is 6.57. The highest BCUT2D eigenvalue weighted by Gasteiger charge is 2.14. The first-order valence-corrected chi connectivity index (χ1v) is 9.05. The Morgan fingerprint density at radius 1 is 1.27 bits per heavy atom. The third-order valence-electron chi connectivity index (χ3n) is 4.24. The Bertz CT molecular complexity index is 742. The summed E-state index contributed by atoms with van der Waals surface area (Å²) in [6.45, 7) is 5.34. The van der Waals surface area contributed by atoms with Crippen molar-refractivity contribution in [2.75, 3.05) is 43.2 Å². The first kappa shape index (κ1) is 18.4. The van der Waals surface area contributed by atoms with Crippen LogP contribution in [0.25, 0.3) is 0 Å². The Hall–Kier alpha value is -2.44. The number of hydrazone groups is 1. The van der Waals surface area contributed by atoms with Crippen LogP contribution in [0, 0.1) is 6.92 Å². The zero-order chi connectivity index (χ0) is 18.2. The largest absolute Gasteiger partial charge is 0.396 e. The molecule has 0 aliphatic carbocycles. The Labute approximate surface area is 154 Å². The maximum Gasteiger partial charge on any atom is 0.131 e. The molecule has 0 radical (unpaired) electrons. The van der Waals surface area contributed by atoms with E-state index in [0.717, 1.165) is 55.5 Å². The van der Waals surface area contributed by atoms with Crippen LogP contribution in [0.1, 0.15) is 23.2 Å². The van der Waals surface area contributed by atoms with Crippen LogP contribution in [-0.2, 0) is 11.2 Å². The first-order valence-electron chi connectivity index (χ1n) is 9.05. The molecule has 3 rings (SSSR count). The van der Waals surface area contributed by atoms with Gasteiger partial charge in [0.15, 0.2) is 0 Å². The zero-order valence-electron chi connectivity index (χ0n) is 15.2. The van der Waals surface area contributed by atoms with Gasteiger partial charge < -0.3 is 14.7 Å². The SMILES string of the molecule is Cc1cccc(C=NNc2cc(CCCO)nc(N3CCOCC3)c2)c1. The smallest absolute Gasteiger partial charge is 0.131 e. The molecule has 2 N–H and O–H groups in total. The van der Waals surface area contributed by atoms with Crippen molar-refractivity contribution in [2.24, 2.45) is 5.10 Å². The second kappa shape index (κ2) is 9.31. The van der Waals surface area contributed by atoms with Crippen molar-refractivity contribution in [1.29, 1.82) is 0 Å². The number of nitrogens with zero attached hydrogens (tertiary/aromatic N) is 3. The minimum absolute atomic E-state index is 0.164. The molecule has 1 aromatic heterocycles. The minimum Gasteiger partial charge on any atom is -0.396 e. The molecule has 0 saturated carbocycles. The standard InChI is InChI=1S/C20H26N4O2/c1-16-4-2-5-17(12-16)15-21-23-19-13-18(6-3-9-25)22-20(14-19)24-7-10-26-11-8-24/h2,4-5,12-15,25H,3,6-11H2,1H3,(H,22,23). The molecule has 1 aliphatic heterocycles. The number of aliphatic hydroxyl groups excluding tert-OH is 1. The van der Waals surface area contributed by atoms with Crippen molar-refractivity contribution in [1.82, 2.24) is 4.98 Å². The molecule has 0 spiro atoms. The van der Waals surface area contributed by atoms with Crippen LogP contribution < -0.4 is 10.3 Å². The fourth-order valence-electron chi connectivity index (χ4n) is 2.91. The van der Waals surface area contributed by atoms with Gasteiger partial charge in [-0.3, -0.25) is 5.43 Å². The Balaban J connectivity index is 1.75. The second-order valence-corrected chi connectivity index (χ2v) is 6.42. The molecule has 1 saturated heterocycles. The molecule has 6 heteroatoms. The lowest BCUT2D eigenvalue weighted by atomic mass is 10.2. The summed E-state index contributed by atoms with van der Waals surface area (Å²) in [6.07, 6.45) is 3.26. The van der Waals surface area contributed by atoms with Crippen LogP contribution in [-0.4, -0.2) is 49.2 Å². The van der Waals surface area contributed by atoms with Crippen LogP contribution in [0.2, 0.25) is 0 Å². The molecule has 0 atom stereocenters. The van der Waals surface area contributed by atoms with E-state index >= 15 is 0 Å². The van der Waals surface area contributed by atoms with Crippen LogP contribution >= 0.6 is 0 Å². The quantitative estimate of drug-likeness (QED) is 0.591. The molecular formula is C20H26N4O2. The minimum atomic E-state index is 0.164. The van der Waals surface area contributed by atoms with Crippen LogP contribution in [0.3, 0.4) is 0 Å². The monoisotopic (exact) mass is 354 g/mol. The predicted molar refractivity (Wildman–Crippen MR) is 105 cm³/mol. The van der Waals surface area contributed by atoms with Crippen molar-refractivity contribution >= 4 is 17.7 Å². The molecule has 0 amide bonds. The number of hydrogen-bond acceptors (Lipinski definition) is 6. The number of nitrogens with one attached hydrogen (secondary N) is 1. The highest BCUT2D eigenvalue weighted by atomic mass is 16.5. The summed E-state index contributed by atoms with van der Waals surface area (Å²) in [4.78, 5) is 6.96. The van der Waals surface area contributed by atoms with E-state index in [1.807, 2.05) is 30.5 Å². The van der Waals surface area contributed by atoms with Crippen molar-refractivity contribution < 1.29 is 9.84 Å². The lowest BCUT2D eigenvalue weighted by Crippen LogP contribution is -2.36. The van der Waals surface area contributed by atoms with Gasteiger partial charge in [-0.1, -0.05) is 29.8 Å². The maximum atomic E-state index is 9.11. The van der Waals surface area contributed by atoms with Gasteiger partial charge in [-0.05, 0) is 31.4 Å². The number of aliphatic hydroxyl groups is 1. The summed E-state index contributed by atoms with van der Waals surface area (Å²) in [5.41, 5.74) is 7.24. The number of benzene rings is 1. The Morgan fingerprint density at radius 3 is 2.88 bits per heavy atom. The average molecular weight is 354 g/mol. The van der Waals surface area contributed by atoms with E-state index in [-0.39, 0.29) is 6.61 Å². The van der Waals surface area contributed by atoms with E-state index in [1.165, 1.54) is 5.56 Å². The summed E-state index contributed by atoms with van der Waals surface area (Å²) in [6, 6.07) is 12.2. The lowest BCUT2D eigenvalue weighted by Gasteiger charge is -2.28. The van der Waals surface area contributed by atoms with E-state index in [4.69, 9.17) is 14.8 Å². The van der Waals surface area contributed by atoms with Crippen LogP contribution in [0.5, 0.6) is 0 Å². The van der Waals surface area contributed by atoms with Gasteiger partial charge in [-0.15, -0.1) is 0 Å².